The highest BCUT2D eigenvalue weighted by atomic mass is 16.5. The second-order valence-corrected chi connectivity index (χ2v) is 4.15. The zero-order valence-corrected chi connectivity index (χ0v) is 10.9. The molecule has 0 fully saturated rings. The highest BCUT2D eigenvalue weighted by molar-refractivity contribution is 5.94. The van der Waals surface area contributed by atoms with Gasteiger partial charge in [-0.3, -0.25) is 4.79 Å². The summed E-state index contributed by atoms with van der Waals surface area (Å²) in [4.78, 5) is 11.2. The number of benzene rings is 1. The van der Waals surface area contributed by atoms with Gasteiger partial charge in [0.25, 0.3) is 0 Å². The van der Waals surface area contributed by atoms with Crippen molar-refractivity contribution >= 4 is 11.6 Å². The van der Waals surface area contributed by atoms with E-state index in [2.05, 4.69) is 5.32 Å². The third-order valence-electron chi connectivity index (χ3n) is 2.73. The van der Waals surface area contributed by atoms with Crippen LogP contribution >= 0.6 is 0 Å². The van der Waals surface area contributed by atoms with Crippen LogP contribution in [0.25, 0.3) is 0 Å². The first-order valence-electron chi connectivity index (χ1n) is 5.87. The van der Waals surface area contributed by atoms with Gasteiger partial charge < -0.3 is 20.2 Å². The molecule has 19 heavy (non-hydrogen) atoms. The fourth-order valence-corrected chi connectivity index (χ4v) is 1.76. The van der Waals surface area contributed by atoms with Crippen LogP contribution in [0.3, 0.4) is 0 Å². The normalized spacial score (nSPS) is 10.2. The first-order valence-corrected chi connectivity index (χ1v) is 5.87. The van der Waals surface area contributed by atoms with E-state index in [1.165, 1.54) is 0 Å². The van der Waals surface area contributed by atoms with Crippen LogP contribution in [0.4, 0.5) is 5.69 Å². The molecule has 0 radical (unpaired) electrons. The standard InChI is InChI=1S/C14H16N2O3/c1-9-3-5-11(19-9)8-16-12-7-10(14(15)17)4-6-13(12)18-2/h3-7,16H,8H2,1-2H3,(H2,15,17). The number of carbonyl (C=O) groups is 1. The number of amides is 1. The average Bonchev–Trinajstić information content (AvgIpc) is 2.81. The minimum absolute atomic E-state index is 0.430. The van der Waals surface area contributed by atoms with Gasteiger partial charge in [-0.1, -0.05) is 0 Å². The summed E-state index contributed by atoms with van der Waals surface area (Å²) < 4.78 is 10.7. The lowest BCUT2D eigenvalue weighted by molar-refractivity contribution is 0.100. The van der Waals surface area contributed by atoms with Crippen LogP contribution in [0, 0.1) is 6.92 Å². The van der Waals surface area contributed by atoms with Crippen molar-refractivity contribution in [1.82, 2.24) is 0 Å². The van der Waals surface area contributed by atoms with Gasteiger partial charge >= 0.3 is 0 Å². The molecule has 2 aromatic rings. The number of anilines is 1. The number of hydrogen-bond acceptors (Lipinski definition) is 4. The smallest absolute Gasteiger partial charge is 0.248 e. The molecule has 5 heteroatoms. The largest absolute Gasteiger partial charge is 0.495 e. The highest BCUT2D eigenvalue weighted by Gasteiger charge is 2.08. The predicted molar refractivity (Wildman–Crippen MR) is 72.3 cm³/mol. The number of nitrogens with one attached hydrogen (secondary N) is 1. The second kappa shape index (κ2) is 5.48. The Hall–Kier alpha value is -2.43. The van der Waals surface area contributed by atoms with Crippen molar-refractivity contribution in [3.05, 3.63) is 47.4 Å². The molecule has 5 nitrogen and oxygen atoms in total. The molecule has 0 aliphatic heterocycles. The third-order valence-corrected chi connectivity index (χ3v) is 2.73. The molecule has 0 unspecified atom stereocenters. The molecule has 0 aliphatic carbocycles. The molecule has 0 bridgehead atoms. The molecular weight excluding hydrogens is 244 g/mol. The number of ether oxygens (including phenoxy) is 1. The number of carbonyl (C=O) groups excluding carboxylic acids is 1. The van der Waals surface area contributed by atoms with Crippen LogP contribution in [0.1, 0.15) is 21.9 Å². The van der Waals surface area contributed by atoms with E-state index in [0.717, 1.165) is 11.5 Å². The summed E-state index contributed by atoms with van der Waals surface area (Å²) in [6.07, 6.45) is 0. The highest BCUT2D eigenvalue weighted by Crippen LogP contribution is 2.26. The molecule has 0 saturated heterocycles. The van der Waals surface area contributed by atoms with E-state index in [-0.39, 0.29) is 0 Å². The average molecular weight is 260 g/mol. The number of primary amides is 1. The van der Waals surface area contributed by atoms with Crippen LogP contribution in [0.15, 0.2) is 34.7 Å². The Labute approximate surface area is 111 Å². The van der Waals surface area contributed by atoms with E-state index < -0.39 is 5.91 Å². The van der Waals surface area contributed by atoms with E-state index in [4.69, 9.17) is 14.9 Å². The molecule has 0 spiro atoms. The molecule has 0 saturated carbocycles. The summed E-state index contributed by atoms with van der Waals surface area (Å²) in [5.74, 6) is 1.84. The quantitative estimate of drug-likeness (QED) is 0.864. The topological polar surface area (TPSA) is 77.5 Å². The zero-order chi connectivity index (χ0) is 13.8. The minimum atomic E-state index is -0.473. The maximum absolute atomic E-state index is 11.2. The minimum Gasteiger partial charge on any atom is -0.495 e. The fraction of sp³-hybridized carbons (Fsp3) is 0.214. The van der Waals surface area contributed by atoms with Gasteiger partial charge in [-0.2, -0.15) is 0 Å². The Balaban J connectivity index is 2.17. The number of furan rings is 1. The number of rotatable bonds is 5. The van der Waals surface area contributed by atoms with Gasteiger partial charge in [0, 0.05) is 5.56 Å². The summed E-state index contributed by atoms with van der Waals surface area (Å²) in [5.41, 5.74) is 6.39. The molecule has 1 aromatic heterocycles. The Morgan fingerprint density at radius 2 is 2.16 bits per heavy atom. The second-order valence-electron chi connectivity index (χ2n) is 4.15. The summed E-state index contributed by atoms with van der Waals surface area (Å²) in [6, 6.07) is 8.79. The van der Waals surface area contributed by atoms with Crippen LogP contribution in [-0.4, -0.2) is 13.0 Å². The van der Waals surface area contributed by atoms with Crippen molar-refractivity contribution in [2.45, 2.75) is 13.5 Å². The van der Waals surface area contributed by atoms with Gasteiger partial charge in [0.05, 0.1) is 19.3 Å². The number of aryl methyl sites for hydroxylation is 1. The van der Waals surface area contributed by atoms with E-state index in [1.807, 2.05) is 19.1 Å². The summed E-state index contributed by atoms with van der Waals surface area (Å²) in [5, 5.41) is 3.16. The molecule has 100 valence electrons. The summed E-state index contributed by atoms with van der Waals surface area (Å²) in [6.45, 7) is 2.39. The molecule has 1 aromatic carbocycles. The predicted octanol–water partition coefficient (Wildman–Crippen LogP) is 2.31. The van der Waals surface area contributed by atoms with Crippen molar-refractivity contribution in [3.8, 4) is 5.75 Å². The van der Waals surface area contributed by atoms with E-state index >= 15 is 0 Å². The fourth-order valence-electron chi connectivity index (χ4n) is 1.76. The number of hydrogen-bond donors (Lipinski definition) is 2. The van der Waals surface area contributed by atoms with Crippen molar-refractivity contribution in [2.75, 3.05) is 12.4 Å². The van der Waals surface area contributed by atoms with Crippen molar-refractivity contribution in [3.63, 3.8) is 0 Å². The van der Waals surface area contributed by atoms with Gasteiger partial charge in [-0.05, 0) is 37.3 Å². The van der Waals surface area contributed by atoms with Crippen molar-refractivity contribution < 1.29 is 13.9 Å². The zero-order valence-electron chi connectivity index (χ0n) is 10.9. The monoisotopic (exact) mass is 260 g/mol. The van der Waals surface area contributed by atoms with E-state index in [0.29, 0.717) is 23.5 Å². The van der Waals surface area contributed by atoms with Crippen LogP contribution < -0.4 is 15.8 Å². The molecule has 1 amide bonds. The van der Waals surface area contributed by atoms with Crippen LogP contribution in [-0.2, 0) is 6.54 Å². The van der Waals surface area contributed by atoms with Crippen molar-refractivity contribution in [1.29, 1.82) is 0 Å². The maximum atomic E-state index is 11.2. The molecule has 2 rings (SSSR count). The van der Waals surface area contributed by atoms with Gasteiger partial charge in [0.1, 0.15) is 17.3 Å². The summed E-state index contributed by atoms with van der Waals surface area (Å²) in [7, 11) is 1.57. The lowest BCUT2D eigenvalue weighted by Gasteiger charge is -2.11. The Morgan fingerprint density at radius 1 is 1.37 bits per heavy atom. The summed E-state index contributed by atoms with van der Waals surface area (Å²) >= 11 is 0. The van der Waals surface area contributed by atoms with Crippen molar-refractivity contribution in [2.24, 2.45) is 5.73 Å². The van der Waals surface area contributed by atoms with E-state index in [9.17, 15) is 4.79 Å². The first kappa shape index (κ1) is 13.0. The van der Waals surface area contributed by atoms with Crippen LogP contribution in [0.2, 0.25) is 0 Å². The molecule has 1 heterocycles. The Bertz CT molecular complexity index is 590. The lowest BCUT2D eigenvalue weighted by atomic mass is 10.1. The first-order chi connectivity index (χ1) is 9.10. The van der Waals surface area contributed by atoms with Gasteiger partial charge in [-0.15, -0.1) is 0 Å². The number of nitrogens with two attached hydrogens (primary N) is 1. The van der Waals surface area contributed by atoms with Gasteiger partial charge in [-0.25, -0.2) is 0 Å². The van der Waals surface area contributed by atoms with Gasteiger partial charge in [0.15, 0.2) is 0 Å². The lowest BCUT2D eigenvalue weighted by Crippen LogP contribution is -2.11. The molecule has 0 aliphatic rings. The SMILES string of the molecule is COc1ccc(C(N)=O)cc1NCc1ccc(C)o1. The Kier molecular flexibility index (Phi) is 3.75. The Morgan fingerprint density at radius 3 is 2.74 bits per heavy atom. The molecule has 0 atom stereocenters. The number of methoxy groups -OCH3 is 1. The molecule has 3 N–H and O–H groups in total. The maximum Gasteiger partial charge on any atom is 0.248 e. The molecular formula is C14H16N2O3. The van der Waals surface area contributed by atoms with Crippen LogP contribution in [0.5, 0.6) is 5.75 Å². The third kappa shape index (κ3) is 3.07. The van der Waals surface area contributed by atoms with Gasteiger partial charge in [0.2, 0.25) is 5.91 Å². The van der Waals surface area contributed by atoms with E-state index in [1.54, 1.807) is 25.3 Å².